The monoisotopic (exact) mass is 257 g/mol. The molecule has 5 heteroatoms. The molecule has 1 aromatic rings. The molecule has 17 heavy (non-hydrogen) atoms. The zero-order valence-electron chi connectivity index (χ0n) is 10.2. The van der Waals surface area contributed by atoms with Crippen LogP contribution in [-0.4, -0.2) is 27.0 Å². The summed E-state index contributed by atoms with van der Waals surface area (Å²) in [7, 11) is -2.97. The first-order valence-electron chi connectivity index (χ1n) is 5.59. The van der Waals surface area contributed by atoms with E-state index in [2.05, 4.69) is 0 Å². The van der Waals surface area contributed by atoms with Gasteiger partial charge in [-0.2, -0.15) is 0 Å². The van der Waals surface area contributed by atoms with Crippen LogP contribution in [0.2, 0.25) is 0 Å². The predicted molar refractivity (Wildman–Crippen MR) is 68.9 cm³/mol. The SMILES string of the molecule is CCOc1ccccc1C(N)CCS(C)(=O)=O. The van der Waals surface area contributed by atoms with E-state index in [4.69, 9.17) is 10.5 Å². The first-order valence-corrected chi connectivity index (χ1v) is 7.65. The van der Waals surface area contributed by atoms with Crippen molar-refractivity contribution in [3.63, 3.8) is 0 Å². The van der Waals surface area contributed by atoms with Crippen molar-refractivity contribution in [2.75, 3.05) is 18.6 Å². The minimum atomic E-state index is -2.97. The second kappa shape index (κ2) is 6.02. The Morgan fingerprint density at radius 2 is 2.00 bits per heavy atom. The number of nitrogens with two attached hydrogens (primary N) is 1. The zero-order valence-corrected chi connectivity index (χ0v) is 11.0. The standard InChI is InChI=1S/C12H19NO3S/c1-3-16-12-7-5-4-6-10(12)11(13)8-9-17(2,14)15/h4-7,11H,3,8-9,13H2,1-2H3. The normalized spacial score (nSPS) is 13.4. The number of para-hydroxylation sites is 1. The van der Waals surface area contributed by atoms with Crippen LogP contribution < -0.4 is 10.5 Å². The fourth-order valence-corrected chi connectivity index (χ4v) is 2.25. The number of rotatable bonds is 6. The Balaban J connectivity index is 2.77. The zero-order chi connectivity index (χ0) is 12.9. The molecular weight excluding hydrogens is 238 g/mol. The summed E-state index contributed by atoms with van der Waals surface area (Å²) in [6.45, 7) is 2.47. The second-order valence-electron chi connectivity index (χ2n) is 4.00. The quantitative estimate of drug-likeness (QED) is 0.839. The van der Waals surface area contributed by atoms with Gasteiger partial charge in [-0.25, -0.2) is 8.42 Å². The van der Waals surface area contributed by atoms with E-state index in [1.165, 1.54) is 6.26 Å². The van der Waals surface area contributed by atoms with E-state index < -0.39 is 9.84 Å². The molecule has 0 radical (unpaired) electrons. The maximum Gasteiger partial charge on any atom is 0.147 e. The molecule has 0 bridgehead atoms. The van der Waals surface area contributed by atoms with Gasteiger partial charge in [-0.05, 0) is 19.4 Å². The Bertz CT molecular complexity index is 457. The smallest absolute Gasteiger partial charge is 0.147 e. The van der Waals surface area contributed by atoms with Gasteiger partial charge in [-0.1, -0.05) is 18.2 Å². The van der Waals surface area contributed by atoms with E-state index in [-0.39, 0.29) is 11.8 Å². The Kier molecular flexibility index (Phi) is 4.96. The summed E-state index contributed by atoms with van der Waals surface area (Å²) in [5.74, 6) is 0.824. The minimum Gasteiger partial charge on any atom is -0.494 e. The summed E-state index contributed by atoms with van der Waals surface area (Å²) < 4.78 is 27.6. The van der Waals surface area contributed by atoms with Gasteiger partial charge in [0.2, 0.25) is 0 Å². The molecule has 0 heterocycles. The van der Waals surface area contributed by atoms with Crippen LogP contribution in [0.5, 0.6) is 5.75 Å². The summed E-state index contributed by atoms with van der Waals surface area (Å²) in [5, 5.41) is 0. The molecule has 1 aromatic carbocycles. The molecule has 0 aliphatic heterocycles. The van der Waals surface area contributed by atoms with Crippen LogP contribution >= 0.6 is 0 Å². The van der Waals surface area contributed by atoms with Crippen LogP contribution in [0.3, 0.4) is 0 Å². The van der Waals surface area contributed by atoms with Crippen molar-refractivity contribution in [3.05, 3.63) is 29.8 Å². The molecule has 1 atom stereocenters. The second-order valence-corrected chi connectivity index (χ2v) is 6.26. The highest BCUT2D eigenvalue weighted by atomic mass is 32.2. The van der Waals surface area contributed by atoms with Crippen molar-refractivity contribution in [2.24, 2.45) is 5.73 Å². The lowest BCUT2D eigenvalue weighted by Gasteiger charge is -2.15. The van der Waals surface area contributed by atoms with E-state index in [0.717, 1.165) is 11.3 Å². The van der Waals surface area contributed by atoms with Crippen molar-refractivity contribution in [3.8, 4) is 5.75 Å². The average Bonchev–Trinajstić information content (AvgIpc) is 2.26. The van der Waals surface area contributed by atoms with Gasteiger partial charge in [0.15, 0.2) is 0 Å². The molecule has 0 saturated carbocycles. The third-order valence-corrected chi connectivity index (χ3v) is 3.40. The maximum atomic E-state index is 11.1. The Morgan fingerprint density at radius 1 is 1.35 bits per heavy atom. The summed E-state index contributed by atoms with van der Waals surface area (Å²) in [6, 6.07) is 7.15. The Morgan fingerprint density at radius 3 is 2.59 bits per heavy atom. The predicted octanol–water partition coefficient (Wildman–Crippen LogP) is 1.52. The lowest BCUT2D eigenvalue weighted by molar-refractivity contribution is 0.334. The van der Waals surface area contributed by atoms with Gasteiger partial charge in [0, 0.05) is 17.9 Å². The lowest BCUT2D eigenvalue weighted by atomic mass is 10.0. The van der Waals surface area contributed by atoms with Crippen LogP contribution in [-0.2, 0) is 9.84 Å². The Hall–Kier alpha value is -1.07. The van der Waals surface area contributed by atoms with Crippen molar-refractivity contribution >= 4 is 9.84 Å². The van der Waals surface area contributed by atoms with Gasteiger partial charge in [-0.3, -0.25) is 0 Å². The summed E-state index contributed by atoms with van der Waals surface area (Å²) in [4.78, 5) is 0. The molecule has 1 rings (SSSR count). The summed E-state index contributed by atoms with van der Waals surface area (Å²) >= 11 is 0. The first-order chi connectivity index (χ1) is 7.94. The summed E-state index contributed by atoms with van der Waals surface area (Å²) in [6.07, 6.45) is 1.62. The summed E-state index contributed by atoms with van der Waals surface area (Å²) in [5.41, 5.74) is 6.85. The minimum absolute atomic E-state index is 0.0919. The van der Waals surface area contributed by atoms with Crippen LogP contribution in [0.15, 0.2) is 24.3 Å². The molecule has 0 saturated heterocycles. The molecule has 0 fully saturated rings. The molecule has 0 aliphatic carbocycles. The molecule has 4 nitrogen and oxygen atoms in total. The van der Waals surface area contributed by atoms with Gasteiger partial charge in [0.1, 0.15) is 15.6 Å². The molecular formula is C12H19NO3S. The van der Waals surface area contributed by atoms with E-state index in [1.54, 1.807) is 0 Å². The van der Waals surface area contributed by atoms with Gasteiger partial charge in [0.05, 0.1) is 12.4 Å². The van der Waals surface area contributed by atoms with Gasteiger partial charge in [0.25, 0.3) is 0 Å². The van der Waals surface area contributed by atoms with Crippen LogP contribution in [0.4, 0.5) is 0 Å². The number of benzene rings is 1. The molecule has 96 valence electrons. The van der Waals surface area contributed by atoms with E-state index in [9.17, 15) is 8.42 Å². The molecule has 1 unspecified atom stereocenters. The van der Waals surface area contributed by atoms with Crippen LogP contribution in [0.1, 0.15) is 24.9 Å². The Labute approximate surface area is 103 Å². The highest BCUT2D eigenvalue weighted by molar-refractivity contribution is 7.90. The largest absolute Gasteiger partial charge is 0.494 e. The molecule has 0 amide bonds. The number of hydrogen-bond acceptors (Lipinski definition) is 4. The number of hydrogen-bond donors (Lipinski definition) is 1. The van der Waals surface area contributed by atoms with Crippen molar-refractivity contribution in [1.29, 1.82) is 0 Å². The number of ether oxygens (including phenoxy) is 1. The van der Waals surface area contributed by atoms with Crippen molar-refractivity contribution < 1.29 is 13.2 Å². The van der Waals surface area contributed by atoms with E-state index >= 15 is 0 Å². The van der Waals surface area contributed by atoms with Gasteiger partial charge in [-0.15, -0.1) is 0 Å². The van der Waals surface area contributed by atoms with Crippen LogP contribution in [0, 0.1) is 0 Å². The number of sulfone groups is 1. The first kappa shape index (κ1) is 14.0. The molecule has 0 spiro atoms. The highest BCUT2D eigenvalue weighted by Crippen LogP contribution is 2.25. The third-order valence-electron chi connectivity index (χ3n) is 2.42. The molecule has 2 N–H and O–H groups in total. The molecule has 0 aliphatic rings. The van der Waals surface area contributed by atoms with Gasteiger partial charge < -0.3 is 10.5 Å². The fraction of sp³-hybridized carbons (Fsp3) is 0.500. The van der Waals surface area contributed by atoms with E-state index in [0.29, 0.717) is 13.0 Å². The molecule has 0 aromatic heterocycles. The highest BCUT2D eigenvalue weighted by Gasteiger charge is 2.14. The maximum absolute atomic E-state index is 11.1. The van der Waals surface area contributed by atoms with Gasteiger partial charge >= 0.3 is 0 Å². The lowest BCUT2D eigenvalue weighted by Crippen LogP contribution is -2.16. The van der Waals surface area contributed by atoms with Crippen molar-refractivity contribution in [2.45, 2.75) is 19.4 Å². The van der Waals surface area contributed by atoms with Crippen LogP contribution in [0.25, 0.3) is 0 Å². The average molecular weight is 257 g/mol. The third kappa shape index (κ3) is 4.75. The van der Waals surface area contributed by atoms with Crippen molar-refractivity contribution in [1.82, 2.24) is 0 Å². The fourth-order valence-electron chi connectivity index (χ4n) is 1.57. The topological polar surface area (TPSA) is 69.4 Å². The van der Waals surface area contributed by atoms with E-state index in [1.807, 2.05) is 31.2 Å².